The van der Waals surface area contributed by atoms with Gasteiger partial charge in [0.15, 0.2) is 5.96 Å². The number of aliphatic imine (C=N–C) groups is 1. The van der Waals surface area contributed by atoms with Gasteiger partial charge >= 0.3 is 0 Å². The highest BCUT2D eigenvalue weighted by Gasteiger charge is 2.27. The molecule has 26 heavy (non-hydrogen) atoms. The van der Waals surface area contributed by atoms with Gasteiger partial charge in [-0.1, -0.05) is 26.7 Å². The van der Waals surface area contributed by atoms with Crippen LogP contribution in [0.2, 0.25) is 0 Å². The predicted octanol–water partition coefficient (Wildman–Crippen LogP) is 2.36. The molecule has 0 aliphatic carbocycles. The van der Waals surface area contributed by atoms with E-state index in [0.717, 1.165) is 19.0 Å². The Hall–Kier alpha value is -1.30. The lowest BCUT2D eigenvalue weighted by atomic mass is 9.93. The van der Waals surface area contributed by atoms with Crippen molar-refractivity contribution < 1.29 is 4.79 Å². The molecule has 3 N–H and O–H groups in total. The standard InChI is InChI=1S/C20H41N5O/c1-7-16(8-2)17(25-12-10-11-13-25)14-22-19(21-9-3)23-15-18(26)24-20(4,5)6/h16-17H,7-15H2,1-6H3,(H,24,26)(H2,21,22,23). The van der Waals surface area contributed by atoms with Crippen LogP contribution >= 0.6 is 0 Å². The summed E-state index contributed by atoms with van der Waals surface area (Å²) in [5.74, 6) is 1.37. The molecule has 1 atom stereocenters. The smallest absolute Gasteiger partial charge is 0.242 e. The van der Waals surface area contributed by atoms with Gasteiger partial charge in [-0.15, -0.1) is 0 Å². The maximum Gasteiger partial charge on any atom is 0.242 e. The van der Waals surface area contributed by atoms with E-state index in [4.69, 9.17) is 0 Å². The minimum atomic E-state index is -0.227. The van der Waals surface area contributed by atoms with Gasteiger partial charge in [0.1, 0.15) is 6.54 Å². The van der Waals surface area contributed by atoms with Crippen LogP contribution in [0.3, 0.4) is 0 Å². The first-order chi connectivity index (χ1) is 12.3. The quantitative estimate of drug-likeness (QED) is 0.432. The molecule has 6 heteroatoms. The number of hydrogen-bond acceptors (Lipinski definition) is 3. The van der Waals surface area contributed by atoms with E-state index in [1.54, 1.807) is 0 Å². The van der Waals surface area contributed by atoms with Crippen LogP contribution in [0.1, 0.15) is 67.2 Å². The van der Waals surface area contributed by atoms with Crippen LogP contribution in [-0.4, -0.2) is 61.1 Å². The van der Waals surface area contributed by atoms with Crippen molar-refractivity contribution in [1.29, 1.82) is 0 Å². The molecule has 1 rings (SSSR count). The van der Waals surface area contributed by atoms with E-state index < -0.39 is 0 Å². The van der Waals surface area contributed by atoms with Gasteiger partial charge in [-0.05, 0) is 59.5 Å². The van der Waals surface area contributed by atoms with E-state index in [1.165, 1.54) is 38.8 Å². The molecule has 0 radical (unpaired) electrons. The lowest BCUT2D eigenvalue weighted by molar-refractivity contribution is -0.121. The Morgan fingerprint density at radius 1 is 1.08 bits per heavy atom. The highest BCUT2D eigenvalue weighted by atomic mass is 16.2. The molecule has 0 aromatic rings. The summed E-state index contributed by atoms with van der Waals surface area (Å²) >= 11 is 0. The van der Waals surface area contributed by atoms with Gasteiger partial charge in [-0.2, -0.15) is 0 Å². The van der Waals surface area contributed by atoms with Crippen molar-refractivity contribution in [3.05, 3.63) is 0 Å². The molecule has 6 nitrogen and oxygen atoms in total. The minimum Gasteiger partial charge on any atom is -0.357 e. The fourth-order valence-corrected chi connectivity index (χ4v) is 3.65. The van der Waals surface area contributed by atoms with Crippen LogP contribution in [0.15, 0.2) is 4.99 Å². The number of nitrogens with one attached hydrogen (secondary N) is 3. The molecule has 0 aromatic carbocycles. The fraction of sp³-hybridized carbons (Fsp3) is 0.900. The van der Waals surface area contributed by atoms with Crippen LogP contribution in [0.5, 0.6) is 0 Å². The number of guanidine groups is 1. The molecule has 0 aromatic heterocycles. The van der Waals surface area contributed by atoms with Crippen molar-refractivity contribution in [1.82, 2.24) is 20.9 Å². The largest absolute Gasteiger partial charge is 0.357 e. The van der Waals surface area contributed by atoms with Gasteiger partial charge in [-0.25, -0.2) is 4.99 Å². The molecule has 0 spiro atoms. The molecule has 1 fully saturated rings. The monoisotopic (exact) mass is 367 g/mol. The van der Waals surface area contributed by atoms with Crippen molar-refractivity contribution in [2.45, 2.75) is 78.8 Å². The molecule has 1 aliphatic rings. The second-order valence-corrected chi connectivity index (χ2v) is 8.26. The van der Waals surface area contributed by atoms with Gasteiger partial charge in [0.2, 0.25) is 5.91 Å². The van der Waals surface area contributed by atoms with E-state index in [0.29, 0.717) is 12.0 Å². The topological polar surface area (TPSA) is 68.8 Å². The average molecular weight is 368 g/mol. The maximum atomic E-state index is 12.0. The Bertz CT molecular complexity index is 432. The molecule has 1 amide bonds. The first kappa shape index (κ1) is 22.7. The summed E-state index contributed by atoms with van der Waals surface area (Å²) < 4.78 is 0. The van der Waals surface area contributed by atoms with Gasteiger partial charge in [0, 0.05) is 24.7 Å². The SMILES string of the molecule is CCNC(=NCC(=O)NC(C)(C)C)NCC(C(CC)CC)N1CCCC1. The summed E-state index contributed by atoms with van der Waals surface area (Å²) in [7, 11) is 0. The lowest BCUT2D eigenvalue weighted by Crippen LogP contribution is -2.49. The molecule has 0 bridgehead atoms. The van der Waals surface area contributed by atoms with Crippen molar-refractivity contribution >= 4 is 11.9 Å². The van der Waals surface area contributed by atoms with Crippen molar-refractivity contribution in [3.8, 4) is 0 Å². The van der Waals surface area contributed by atoms with Crippen molar-refractivity contribution in [2.75, 3.05) is 32.7 Å². The lowest BCUT2D eigenvalue weighted by Gasteiger charge is -2.34. The first-order valence-electron chi connectivity index (χ1n) is 10.4. The second kappa shape index (κ2) is 11.4. The van der Waals surface area contributed by atoms with E-state index in [2.05, 4.69) is 39.7 Å². The zero-order chi connectivity index (χ0) is 19.6. The van der Waals surface area contributed by atoms with Crippen molar-refractivity contribution in [2.24, 2.45) is 10.9 Å². The molecule has 1 heterocycles. The highest BCUT2D eigenvalue weighted by Crippen LogP contribution is 2.22. The summed E-state index contributed by atoms with van der Waals surface area (Å²) in [6.07, 6.45) is 5.00. The van der Waals surface area contributed by atoms with Gasteiger partial charge in [0.05, 0.1) is 0 Å². The molecule has 0 saturated carbocycles. The first-order valence-corrected chi connectivity index (χ1v) is 10.4. The Morgan fingerprint density at radius 3 is 2.19 bits per heavy atom. The van der Waals surface area contributed by atoms with Crippen LogP contribution in [0, 0.1) is 5.92 Å². The summed E-state index contributed by atoms with van der Waals surface area (Å²) in [4.78, 5) is 19.1. The van der Waals surface area contributed by atoms with Crippen LogP contribution in [-0.2, 0) is 4.79 Å². The van der Waals surface area contributed by atoms with Crippen LogP contribution in [0.4, 0.5) is 0 Å². The number of carbonyl (C=O) groups is 1. The Balaban J connectivity index is 2.67. The van der Waals surface area contributed by atoms with Gasteiger partial charge in [0.25, 0.3) is 0 Å². The summed E-state index contributed by atoms with van der Waals surface area (Å²) in [5, 5.41) is 9.70. The third kappa shape index (κ3) is 8.39. The minimum absolute atomic E-state index is 0.0502. The van der Waals surface area contributed by atoms with Crippen LogP contribution < -0.4 is 16.0 Å². The number of hydrogen-bond donors (Lipinski definition) is 3. The molecule has 152 valence electrons. The summed E-state index contributed by atoms with van der Waals surface area (Å²) in [6, 6.07) is 0.528. The van der Waals surface area contributed by atoms with E-state index >= 15 is 0 Å². The number of carbonyl (C=O) groups excluding carboxylic acids is 1. The molecular formula is C20H41N5O. The third-order valence-corrected chi connectivity index (χ3v) is 4.92. The summed E-state index contributed by atoms with van der Waals surface area (Å²) in [6.45, 7) is 16.8. The third-order valence-electron chi connectivity index (χ3n) is 4.92. The van der Waals surface area contributed by atoms with Gasteiger partial charge in [-0.3, -0.25) is 9.69 Å². The van der Waals surface area contributed by atoms with E-state index in [-0.39, 0.29) is 18.0 Å². The van der Waals surface area contributed by atoms with E-state index in [1.807, 2.05) is 27.7 Å². The Morgan fingerprint density at radius 2 is 1.69 bits per heavy atom. The number of likely N-dealkylation sites (tertiary alicyclic amines) is 1. The number of amides is 1. The molecule has 1 unspecified atom stereocenters. The molecule has 1 saturated heterocycles. The van der Waals surface area contributed by atoms with Gasteiger partial charge < -0.3 is 16.0 Å². The normalized spacial score (nSPS) is 17.4. The van der Waals surface area contributed by atoms with Crippen LogP contribution in [0.25, 0.3) is 0 Å². The number of rotatable bonds is 9. The Kier molecular flexibility index (Phi) is 9.99. The molecule has 1 aliphatic heterocycles. The number of nitrogens with zero attached hydrogens (tertiary/aromatic N) is 2. The summed E-state index contributed by atoms with van der Waals surface area (Å²) in [5.41, 5.74) is -0.227. The van der Waals surface area contributed by atoms with E-state index in [9.17, 15) is 4.79 Å². The zero-order valence-corrected chi connectivity index (χ0v) is 17.8. The maximum absolute atomic E-state index is 12.0. The highest BCUT2D eigenvalue weighted by molar-refractivity contribution is 5.85. The molecular weight excluding hydrogens is 326 g/mol. The predicted molar refractivity (Wildman–Crippen MR) is 111 cm³/mol. The Labute approximate surface area is 160 Å². The average Bonchev–Trinajstić information content (AvgIpc) is 3.08. The fourth-order valence-electron chi connectivity index (χ4n) is 3.65. The second-order valence-electron chi connectivity index (χ2n) is 8.26. The van der Waals surface area contributed by atoms with Crippen molar-refractivity contribution in [3.63, 3.8) is 0 Å². The zero-order valence-electron chi connectivity index (χ0n) is 17.8.